The van der Waals surface area contributed by atoms with Crippen molar-refractivity contribution >= 4 is 11.6 Å². The molecule has 0 heterocycles. The Kier molecular flexibility index (Phi) is 7.51. The van der Waals surface area contributed by atoms with E-state index in [1.807, 2.05) is 0 Å². The molecule has 0 saturated heterocycles. The van der Waals surface area contributed by atoms with Crippen LogP contribution < -0.4 is 9.47 Å². The van der Waals surface area contributed by atoms with Gasteiger partial charge in [0.1, 0.15) is 30.8 Å². The Balaban J connectivity index is 2.05. The minimum absolute atomic E-state index is 0.00644. The predicted molar refractivity (Wildman–Crippen MR) is 95.6 cm³/mol. The smallest absolute Gasteiger partial charge is 0.303 e. The average Bonchev–Trinajstić information content (AvgIpc) is 2.71. The van der Waals surface area contributed by atoms with Crippen LogP contribution in [0.1, 0.15) is 11.1 Å². The van der Waals surface area contributed by atoms with Crippen molar-refractivity contribution in [3.63, 3.8) is 0 Å². The highest BCUT2D eigenvalue weighted by Crippen LogP contribution is 2.37. The van der Waals surface area contributed by atoms with Crippen LogP contribution in [0.2, 0.25) is 0 Å². The summed E-state index contributed by atoms with van der Waals surface area (Å²) in [6.07, 6.45) is -0.860. The third-order valence-corrected chi connectivity index (χ3v) is 4.09. The summed E-state index contributed by atoms with van der Waals surface area (Å²) in [4.78, 5) is 0. The molecule has 0 aliphatic heterocycles. The number of hydrogen-bond donors (Lipinski definition) is 2. The number of rotatable bonds is 10. The second-order valence-electron chi connectivity index (χ2n) is 6.05. The van der Waals surface area contributed by atoms with Crippen LogP contribution >= 0.6 is 11.6 Å². The fraction of sp³-hybridized carbons (Fsp3) is 0.368. The molecule has 0 fully saturated rings. The van der Waals surface area contributed by atoms with Crippen LogP contribution in [0.3, 0.4) is 0 Å². The fourth-order valence-corrected chi connectivity index (χ4v) is 2.25. The lowest BCUT2D eigenvalue weighted by molar-refractivity contribution is -0.0801. The van der Waals surface area contributed by atoms with E-state index in [4.69, 9.17) is 26.2 Å². The molecule has 0 saturated carbocycles. The first-order chi connectivity index (χ1) is 13.2. The van der Waals surface area contributed by atoms with Gasteiger partial charge in [-0.05, 0) is 48.5 Å². The number of hydrogen-bond acceptors (Lipinski definition) is 4. The van der Waals surface area contributed by atoms with Gasteiger partial charge in [-0.3, -0.25) is 0 Å². The van der Waals surface area contributed by atoms with E-state index in [0.717, 1.165) is 24.3 Å². The van der Waals surface area contributed by atoms with Crippen LogP contribution in [0.4, 0.5) is 17.6 Å². The van der Waals surface area contributed by atoms with E-state index in [-0.39, 0.29) is 29.4 Å². The van der Waals surface area contributed by atoms with Crippen molar-refractivity contribution in [2.24, 2.45) is 0 Å². The van der Waals surface area contributed by atoms with Gasteiger partial charge in [-0.1, -0.05) is 0 Å². The number of benzene rings is 2. The lowest BCUT2D eigenvalue weighted by Crippen LogP contribution is -2.29. The third-order valence-electron chi connectivity index (χ3n) is 3.74. The van der Waals surface area contributed by atoms with Gasteiger partial charge in [-0.15, -0.1) is 11.6 Å². The molecule has 2 rings (SSSR count). The van der Waals surface area contributed by atoms with Gasteiger partial charge in [0.25, 0.3) is 5.92 Å². The highest BCUT2D eigenvalue weighted by atomic mass is 35.5. The maximum Gasteiger partial charge on any atom is 0.303 e. The molecule has 28 heavy (non-hydrogen) atoms. The molecule has 0 aliphatic carbocycles. The molecule has 154 valence electrons. The van der Waals surface area contributed by atoms with Crippen molar-refractivity contribution in [1.29, 1.82) is 0 Å². The zero-order valence-corrected chi connectivity index (χ0v) is 15.4. The largest absolute Gasteiger partial charge is 0.491 e. The van der Waals surface area contributed by atoms with Gasteiger partial charge in [0.2, 0.25) is 0 Å². The molecule has 2 N–H and O–H groups in total. The van der Waals surface area contributed by atoms with E-state index < -0.39 is 31.2 Å². The topological polar surface area (TPSA) is 58.9 Å². The maximum absolute atomic E-state index is 14.7. The fourth-order valence-electron chi connectivity index (χ4n) is 2.16. The van der Waals surface area contributed by atoms with Crippen molar-refractivity contribution in [2.45, 2.75) is 17.9 Å². The van der Waals surface area contributed by atoms with Crippen LogP contribution in [0.15, 0.2) is 48.5 Å². The first kappa shape index (κ1) is 22.3. The second kappa shape index (κ2) is 9.45. The minimum atomic E-state index is -3.41. The van der Waals surface area contributed by atoms with Gasteiger partial charge in [-0.2, -0.15) is 8.78 Å². The Bertz CT molecular complexity index is 739. The normalized spacial score (nSPS) is 13.2. The van der Waals surface area contributed by atoms with E-state index in [9.17, 15) is 22.7 Å². The summed E-state index contributed by atoms with van der Waals surface area (Å²) in [6, 6.07) is 9.53. The first-order valence-corrected chi connectivity index (χ1v) is 8.78. The number of alkyl halides is 5. The summed E-state index contributed by atoms with van der Waals surface area (Å²) in [6.45, 7) is -2.48. The van der Waals surface area contributed by atoms with Gasteiger partial charge >= 0.3 is 5.92 Å². The van der Waals surface area contributed by atoms with E-state index >= 15 is 0 Å². The quantitative estimate of drug-likeness (QED) is 0.451. The molecule has 2 aromatic carbocycles. The molecular formula is C19H19ClF4O4. The van der Waals surface area contributed by atoms with E-state index in [2.05, 4.69) is 0 Å². The van der Waals surface area contributed by atoms with E-state index in [1.165, 1.54) is 24.3 Å². The average molecular weight is 423 g/mol. The summed E-state index contributed by atoms with van der Waals surface area (Å²) < 4.78 is 65.3. The molecule has 2 aromatic rings. The van der Waals surface area contributed by atoms with Crippen LogP contribution in [0.5, 0.6) is 11.5 Å². The summed E-state index contributed by atoms with van der Waals surface area (Å²) in [5.41, 5.74) is -0.641. The third kappa shape index (κ3) is 5.98. The van der Waals surface area contributed by atoms with Crippen LogP contribution in [0.25, 0.3) is 0 Å². The van der Waals surface area contributed by atoms with E-state index in [0.29, 0.717) is 5.75 Å². The summed E-state index contributed by atoms with van der Waals surface area (Å²) in [5.74, 6) is -6.46. The molecular weight excluding hydrogens is 404 g/mol. The Morgan fingerprint density at radius 3 is 1.75 bits per heavy atom. The molecule has 0 amide bonds. The van der Waals surface area contributed by atoms with Gasteiger partial charge in [-0.25, -0.2) is 8.78 Å². The Hall–Kier alpha value is -2.03. The van der Waals surface area contributed by atoms with Crippen molar-refractivity contribution < 1.29 is 37.2 Å². The Morgan fingerprint density at radius 1 is 0.857 bits per heavy atom. The SMILES string of the molecule is OCC(F)(F)COc1ccc(C(F)(F)c2ccc(OCC(O)CCl)cc2)cc1. The van der Waals surface area contributed by atoms with Crippen LogP contribution in [-0.2, 0) is 5.92 Å². The van der Waals surface area contributed by atoms with Crippen molar-refractivity contribution in [1.82, 2.24) is 0 Å². The van der Waals surface area contributed by atoms with Crippen molar-refractivity contribution in [3.05, 3.63) is 59.7 Å². The molecule has 1 unspecified atom stereocenters. The Morgan fingerprint density at radius 2 is 1.32 bits per heavy atom. The zero-order chi connectivity index (χ0) is 20.8. The molecule has 4 nitrogen and oxygen atoms in total. The standard InChI is InChI=1S/C19H19ClF4O4/c20-9-15(26)10-27-16-5-1-13(2-6-16)19(23,24)14-3-7-17(8-4-14)28-12-18(21,22)11-25/h1-8,15,25-26H,9-12H2. The number of halogens is 5. The summed E-state index contributed by atoms with van der Waals surface area (Å²) in [5, 5.41) is 17.8. The molecule has 1 atom stereocenters. The van der Waals surface area contributed by atoms with Gasteiger partial charge in [0.05, 0.1) is 5.88 Å². The first-order valence-electron chi connectivity index (χ1n) is 8.25. The summed E-state index contributed by atoms with van der Waals surface area (Å²) in [7, 11) is 0. The molecule has 0 aromatic heterocycles. The monoisotopic (exact) mass is 422 g/mol. The van der Waals surface area contributed by atoms with Gasteiger partial charge in [0.15, 0.2) is 6.61 Å². The maximum atomic E-state index is 14.7. The molecule has 9 heteroatoms. The number of aliphatic hydroxyl groups is 2. The number of ether oxygens (including phenoxy) is 2. The second-order valence-corrected chi connectivity index (χ2v) is 6.35. The van der Waals surface area contributed by atoms with Gasteiger partial charge < -0.3 is 19.7 Å². The molecule has 0 spiro atoms. The lowest BCUT2D eigenvalue weighted by atomic mass is 10.0. The minimum Gasteiger partial charge on any atom is -0.491 e. The van der Waals surface area contributed by atoms with Crippen LogP contribution in [-0.4, -0.2) is 47.9 Å². The molecule has 0 bridgehead atoms. The van der Waals surface area contributed by atoms with Crippen molar-refractivity contribution in [2.75, 3.05) is 25.7 Å². The van der Waals surface area contributed by atoms with E-state index in [1.54, 1.807) is 0 Å². The Labute approximate surface area is 164 Å². The lowest BCUT2D eigenvalue weighted by Gasteiger charge is -2.19. The van der Waals surface area contributed by atoms with Crippen molar-refractivity contribution in [3.8, 4) is 11.5 Å². The highest BCUT2D eigenvalue weighted by molar-refractivity contribution is 6.18. The predicted octanol–water partition coefficient (Wildman–Crippen LogP) is 3.81. The summed E-state index contributed by atoms with van der Waals surface area (Å²) >= 11 is 5.45. The van der Waals surface area contributed by atoms with Crippen LogP contribution in [0, 0.1) is 0 Å². The highest BCUT2D eigenvalue weighted by Gasteiger charge is 2.34. The van der Waals surface area contributed by atoms with Gasteiger partial charge in [0, 0.05) is 11.1 Å². The zero-order valence-electron chi connectivity index (χ0n) is 14.6. The molecule has 0 aliphatic rings. The number of aliphatic hydroxyl groups excluding tert-OH is 2. The molecule has 0 radical (unpaired) electrons.